The van der Waals surface area contributed by atoms with E-state index >= 15 is 0 Å². The minimum atomic E-state index is 0.681. The van der Waals surface area contributed by atoms with Crippen molar-refractivity contribution in [2.45, 2.75) is 20.8 Å². The average Bonchev–Trinajstić information content (AvgIpc) is 2.29. The van der Waals surface area contributed by atoms with Crippen molar-refractivity contribution in [2.75, 3.05) is 12.8 Å². The Morgan fingerprint density at radius 1 is 1.06 bits per heavy atom. The van der Waals surface area contributed by atoms with Crippen LogP contribution in [-0.2, 0) is 0 Å². The summed E-state index contributed by atoms with van der Waals surface area (Å²) >= 11 is 0. The molecule has 0 unspecified atom stereocenters. The van der Waals surface area contributed by atoms with Gasteiger partial charge in [0.1, 0.15) is 5.75 Å². The lowest BCUT2D eigenvalue weighted by Gasteiger charge is -2.14. The molecule has 2 N–H and O–H groups in total. The van der Waals surface area contributed by atoms with E-state index in [1.165, 1.54) is 5.56 Å². The van der Waals surface area contributed by atoms with Crippen LogP contribution >= 0.6 is 0 Å². The number of benzene rings is 1. The van der Waals surface area contributed by atoms with Gasteiger partial charge in [-0.05, 0) is 49.6 Å². The van der Waals surface area contributed by atoms with Gasteiger partial charge in [0, 0.05) is 11.8 Å². The topological polar surface area (TPSA) is 48.1 Å². The molecule has 0 fully saturated rings. The highest BCUT2D eigenvalue weighted by atomic mass is 16.5. The summed E-state index contributed by atoms with van der Waals surface area (Å²) < 4.78 is 5.45. The van der Waals surface area contributed by atoms with Crippen molar-refractivity contribution in [1.29, 1.82) is 0 Å². The molecule has 0 bridgehead atoms. The van der Waals surface area contributed by atoms with Crippen molar-refractivity contribution < 1.29 is 4.74 Å². The van der Waals surface area contributed by atoms with Gasteiger partial charge < -0.3 is 10.5 Å². The van der Waals surface area contributed by atoms with Gasteiger partial charge in [-0.1, -0.05) is 6.07 Å². The van der Waals surface area contributed by atoms with Gasteiger partial charge in [0.15, 0.2) is 0 Å². The van der Waals surface area contributed by atoms with Crippen LogP contribution in [0.25, 0.3) is 11.3 Å². The summed E-state index contributed by atoms with van der Waals surface area (Å²) in [5.41, 5.74) is 11.8. The highest BCUT2D eigenvalue weighted by Gasteiger charge is 2.14. The zero-order valence-electron chi connectivity index (χ0n) is 11.2. The fraction of sp³-hybridized carbons (Fsp3) is 0.267. The molecule has 0 amide bonds. The third-order valence-corrected chi connectivity index (χ3v) is 2.95. The molecule has 1 aromatic heterocycles. The van der Waals surface area contributed by atoms with E-state index in [0.29, 0.717) is 5.69 Å². The Bertz CT molecular complexity index is 591. The number of nitrogen functional groups attached to an aromatic ring is 1. The Balaban J connectivity index is 2.70. The Hall–Kier alpha value is -2.03. The molecule has 3 nitrogen and oxygen atoms in total. The average molecular weight is 242 g/mol. The lowest BCUT2D eigenvalue weighted by atomic mass is 9.99. The van der Waals surface area contributed by atoms with Crippen LogP contribution in [0.4, 0.5) is 5.69 Å². The predicted octanol–water partition coefficient (Wildman–Crippen LogP) is 3.26. The van der Waals surface area contributed by atoms with Gasteiger partial charge in [0.05, 0.1) is 18.5 Å². The molecule has 1 aromatic carbocycles. The highest BCUT2D eigenvalue weighted by Crippen LogP contribution is 2.36. The van der Waals surface area contributed by atoms with Crippen molar-refractivity contribution in [3.05, 3.63) is 41.1 Å². The quantitative estimate of drug-likeness (QED) is 0.879. The number of methoxy groups -OCH3 is 1. The van der Waals surface area contributed by atoms with Crippen molar-refractivity contribution in [3.63, 3.8) is 0 Å². The van der Waals surface area contributed by atoms with Crippen molar-refractivity contribution in [2.24, 2.45) is 0 Å². The first-order valence-electron chi connectivity index (χ1n) is 5.90. The number of rotatable bonds is 2. The summed E-state index contributed by atoms with van der Waals surface area (Å²) in [7, 11) is 1.67. The molecule has 0 saturated heterocycles. The molecule has 0 saturated carbocycles. The molecule has 18 heavy (non-hydrogen) atoms. The number of ether oxygens (including phenoxy) is 1. The van der Waals surface area contributed by atoms with Crippen LogP contribution in [0.15, 0.2) is 24.4 Å². The minimum Gasteiger partial charge on any atom is -0.496 e. The first-order chi connectivity index (χ1) is 8.52. The molecule has 0 radical (unpaired) electrons. The number of nitrogens with two attached hydrogens (primary N) is 1. The summed E-state index contributed by atoms with van der Waals surface area (Å²) in [5, 5.41) is 0. The molecular weight excluding hydrogens is 224 g/mol. The van der Waals surface area contributed by atoms with E-state index in [-0.39, 0.29) is 0 Å². The highest BCUT2D eigenvalue weighted by molar-refractivity contribution is 5.80. The van der Waals surface area contributed by atoms with Gasteiger partial charge in [-0.3, -0.25) is 4.98 Å². The Morgan fingerprint density at radius 3 is 2.39 bits per heavy atom. The first kappa shape index (κ1) is 12.4. The first-order valence-corrected chi connectivity index (χ1v) is 5.90. The third-order valence-electron chi connectivity index (χ3n) is 2.95. The fourth-order valence-corrected chi connectivity index (χ4v) is 2.19. The van der Waals surface area contributed by atoms with E-state index in [1.54, 1.807) is 7.11 Å². The zero-order valence-corrected chi connectivity index (χ0v) is 11.2. The van der Waals surface area contributed by atoms with Crippen LogP contribution in [0, 0.1) is 20.8 Å². The molecule has 94 valence electrons. The van der Waals surface area contributed by atoms with Gasteiger partial charge in [-0.2, -0.15) is 0 Å². The Kier molecular flexibility index (Phi) is 3.24. The largest absolute Gasteiger partial charge is 0.496 e. The fourth-order valence-electron chi connectivity index (χ4n) is 2.19. The second kappa shape index (κ2) is 4.69. The minimum absolute atomic E-state index is 0.681. The summed E-state index contributed by atoms with van der Waals surface area (Å²) in [4.78, 5) is 4.44. The van der Waals surface area contributed by atoms with E-state index < -0.39 is 0 Å². The van der Waals surface area contributed by atoms with Crippen LogP contribution in [-0.4, -0.2) is 12.1 Å². The molecule has 0 aliphatic heterocycles. The number of aromatic nitrogens is 1. The van der Waals surface area contributed by atoms with Crippen LogP contribution in [0.2, 0.25) is 0 Å². The molecule has 0 atom stereocenters. The molecule has 0 aliphatic carbocycles. The maximum Gasteiger partial charge on any atom is 0.128 e. The molecule has 2 rings (SSSR count). The van der Waals surface area contributed by atoms with E-state index in [4.69, 9.17) is 10.5 Å². The van der Waals surface area contributed by atoms with E-state index in [1.807, 2.05) is 39.1 Å². The zero-order chi connectivity index (χ0) is 13.3. The lowest BCUT2D eigenvalue weighted by Crippen LogP contribution is -1.99. The van der Waals surface area contributed by atoms with Gasteiger partial charge >= 0.3 is 0 Å². The summed E-state index contributed by atoms with van der Waals surface area (Å²) in [6.07, 6.45) is 1.82. The van der Waals surface area contributed by atoms with Crippen molar-refractivity contribution in [3.8, 4) is 17.0 Å². The van der Waals surface area contributed by atoms with Crippen LogP contribution < -0.4 is 10.5 Å². The summed E-state index contributed by atoms with van der Waals surface area (Å²) in [6, 6.07) is 6.04. The maximum atomic E-state index is 6.07. The van der Waals surface area contributed by atoms with Gasteiger partial charge in [-0.25, -0.2) is 0 Å². The summed E-state index contributed by atoms with van der Waals surface area (Å²) in [5.74, 6) is 0.815. The smallest absolute Gasteiger partial charge is 0.128 e. The second-order valence-electron chi connectivity index (χ2n) is 4.61. The van der Waals surface area contributed by atoms with Gasteiger partial charge in [0.2, 0.25) is 0 Å². The number of pyridine rings is 1. The number of anilines is 1. The van der Waals surface area contributed by atoms with Crippen LogP contribution in [0.5, 0.6) is 5.75 Å². The van der Waals surface area contributed by atoms with Crippen molar-refractivity contribution in [1.82, 2.24) is 4.98 Å². The number of aryl methyl sites for hydroxylation is 3. The predicted molar refractivity (Wildman–Crippen MR) is 74.8 cm³/mol. The third kappa shape index (κ3) is 2.16. The SMILES string of the molecule is COc1cc(C)cc(C)c1-c1ncc(C)cc1N. The van der Waals surface area contributed by atoms with Crippen LogP contribution in [0.3, 0.4) is 0 Å². The monoisotopic (exact) mass is 242 g/mol. The molecule has 2 aromatic rings. The van der Waals surface area contributed by atoms with E-state index in [9.17, 15) is 0 Å². The van der Waals surface area contributed by atoms with Crippen molar-refractivity contribution >= 4 is 5.69 Å². The number of hydrogen-bond donors (Lipinski definition) is 1. The second-order valence-corrected chi connectivity index (χ2v) is 4.61. The molecular formula is C15H18N2O. The summed E-state index contributed by atoms with van der Waals surface area (Å²) in [6.45, 7) is 6.07. The molecule has 1 heterocycles. The molecule has 3 heteroatoms. The van der Waals surface area contributed by atoms with E-state index in [2.05, 4.69) is 11.1 Å². The van der Waals surface area contributed by atoms with E-state index in [0.717, 1.165) is 28.1 Å². The Morgan fingerprint density at radius 2 is 1.78 bits per heavy atom. The normalized spacial score (nSPS) is 10.4. The number of hydrogen-bond acceptors (Lipinski definition) is 3. The molecule has 0 spiro atoms. The standard InChI is InChI=1S/C15H18N2O/c1-9-5-11(3)14(13(7-9)18-4)15-12(16)6-10(2)8-17-15/h5-8H,16H2,1-4H3. The molecule has 0 aliphatic rings. The van der Waals surface area contributed by atoms with Crippen LogP contribution in [0.1, 0.15) is 16.7 Å². The van der Waals surface area contributed by atoms with Gasteiger partial charge in [-0.15, -0.1) is 0 Å². The number of nitrogens with zero attached hydrogens (tertiary/aromatic N) is 1. The maximum absolute atomic E-state index is 6.07. The van der Waals surface area contributed by atoms with Gasteiger partial charge in [0.25, 0.3) is 0 Å². The Labute approximate surface area is 108 Å². The lowest BCUT2D eigenvalue weighted by molar-refractivity contribution is 0.415.